The van der Waals surface area contributed by atoms with Gasteiger partial charge < -0.3 is 10.0 Å². The number of benzene rings is 1. The number of hydrogen-bond acceptors (Lipinski definition) is 5. The van der Waals surface area contributed by atoms with E-state index >= 15 is 0 Å². The lowest BCUT2D eigenvalue weighted by Gasteiger charge is -2.26. The molecular formula is C16H17ClN2O5S2. The number of aliphatic carboxylic acids is 1. The van der Waals surface area contributed by atoms with Gasteiger partial charge in [-0.3, -0.25) is 9.59 Å². The van der Waals surface area contributed by atoms with E-state index in [1.807, 2.05) is 13.0 Å². The molecule has 26 heavy (non-hydrogen) atoms. The molecule has 0 aromatic heterocycles. The number of carbonyl (C=O) groups is 2. The smallest absolute Gasteiger partial charge is 0.303 e. The van der Waals surface area contributed by atoms with Gasteiger partial charge in [-0.25, -0.2) is 8.42 Å². The maximum absolute atomic E-state index is 12.0. The lowest BCUT2D eigenvalue weighted by molar-refractivity contribution is -0.138. The number of carbonyl (C=O) groups excluding carboxylic acids is 1. The molecule has 2 heterocycles. The number of halogens is 1. The number of aliphatic imine (C=N–C) groups is 1. The molecule has 1 aromatic carbocycles. The molecule has 10 heteroatoms. The zero-order valence-corrected chi connectivity index (χ0v) is 16.3. The van der Waals surface area contributed by atoms with E-state index < -0.39 is 21.7 Å². The Hall–Kier alpha value is -1.58. The number of aryl methyl sites for hydroxylation is 1. The van der Waals surface area contributed by atoms with Crippen molar-refractivity contribution in [2.75, 3.05) is 16.4 Å². The molecule has 0 aliphatic carbocycles. The van der Waals surface area contributed by atoms with E-state index in [1.54, 1.807) is 17.0 Å². The molecule has 7 nitrogen and oxygen atoms in total. The molecule has 0 radical (unpaired) electrons. The molecular weight excluding hydrogens is 400 g/mol. The topological polar surface area (TPSA) is 104 Å². The molecule has 1 N–H and O–H groups in total. The summed E-state index contributed by atoms with van der Waals surface area (Å²) >= 11 is 7.36. The summed E-state index contributed by atoms with van der Waals surface area (Å²) < 4.78 is 24.1. The maximum Gasteiger partial charge on any atom is 0.303 e. The second kappa shape index (κ2) is 7.21. The normalized spacial score (nSPS) is 25.5. The van der Waals surface area contributed by atoms with E-state index in [9.17, 15) is 18.0 Å². The number of anilines is 1. The first kappa shape index (κ1) is 19.2. The Morgan fingerprint density at radius 2 is 2.08 bits per heavy atom. The van der Waals surface area contributed by atoms with Crippen molar-refractivity contribution in [3.63, 3.8) is 0 Å². The second-order valence-corrected chi connectivity index (χ2v) is 10.1. The van der Waals surface area contributed by atoms with E-state index in [4.69, 9.17) is 16.7 Å². The number of amidine groups is 1. The van der Waals surface area contributed by atoms with Gasteiger partial charge in [0.1, 0.15) is 0 Å². The van der Waals surface area contributed by atoms with Crippen LogP contribution in [0.2, 0.25) is 5.02 Å². The van der Waals surface area contributed by atoms with Gasteiger partial charge in [0.25, 0.3) is 0 Å². The fourth-order valence-corrected chi connectivity index (χ4v) is 7.16. The van der Waals surface area contributed by atoms with Crippen LogP contribution in [0, 0.1) is 6.92 Å². The largest absolute Gasteiger partial charge is 0.481 e. The highest BCUT2D eigenvalue weighted by Crippen LogP contribution is 2.42. The van der Waals surface area contributed by atoms with E-state index in [-0.39, 0.29) is 35.6 Å². The summed E-state index contributed by atoms with van der Waals surface area (Å²) in [4.78, 5) is 28.5. The molecule has 2 fully saturated rings. The van der Waals surface area contributed by atoms with Gasteiger partial charge in [-0.1, -0.05) is 29.4 Å². The van der Waals surface area contributed by atoms with Crippen molar-refractivity contribution in [2.24, 2.45) is 4.99 Å². The van der Waals surface area contributed by atoms with Crippen LogP contribution in [0.3, 0.4) is 0 Å². The average Bonchev–Trinajstić information content (AvgIpc) is 2.99. The van der Waals surface area contributed by atoms with Gasteiger partial charge in [-0.2, -0.15) is 4.99 Å². The van der Waals surface area contributed by atoms with Crippen LogP contribution >= 0.6 is 23.4 Å². The van der Waals surface area contributed by atoms with Crippen molar-refractivity contribution < 1.29 is 23.1 Å². The first-order valence-corrected chi connectivity index (χ1v) is 11.0. The molecule has 2 aliphatic heterocycles. The lowest BCUT2D eigenvalue weighted by atomic mass is 10.1. The minimum atomic E-state index is -3.16. The zero-order chi connectivity index (χ0) is 19.1. The Bertz CT molecular complexity index is 900. The molecule has 1 amide bonds. The molecule has 0 saturated carbocycles. The lowest BCUT2D eigenvalue weighted by Crippen LogP contribution is -2.38. The highest BCUT2D eigenvalue weighted by Gasteiger charge is 2.49. The Balaban J connectivity index is 1.97. The summed E-state index contributed by atoms with van der Waals surface area (Å²) in [6.45, 7) is 1.87. The fraction of sp³-hybridized carbons (Fsp3) is 0.438. The molecule has 0 spiro atoms. The van der Waals surface area contributed by atoms with E-state index in [1.165, 1.54) is 11.8 Å². The number of thioether (sulfide) groups is 1. The number of sulfone groups is 1. The quantitative estimate of drug-likeness (QED) is 0.801. The van der Waals surface area contributed by atoms with Crippen molar-refractivity contribution in [1.29, 1.82) is 0 Å². The number of carboxylic acids is 1. The van der Waals surface area contributed by atoms with Crippen LogP contribution in [0.1, 0.15) is 18.4 Å². The van der Waals surface area contributed by atoms with Crippen LogP contribution < -0.4 is 4.90 Å². The first-order chi connectivity index (χ1) is 12.2. The van der Waals surface area contributed by atoms with Gasteiger partial charge >= 0.3 is 5.97 Å². The monoisotopic (exact) mass is 416 g/mol. The molecule has 3 rings (SSSR count). The van der Waals surface area contributed by atoms with Crippen LogP contribution in [-0.4, -0.2) is 53.4 Å². The molecule has 2 saturated heterocycles. The highest BCUT2D eigenvalue weighted by molar-refractivity contribution is 8.16. The minimum Gasteiger partial charge on any atom is -0.481 e. The maximum atomic E-state index is 12.0. The van der Waals surface area contributed by atoms with Crippen molar-refractivity contribution in [2.45, 2.75) is 31.1 Å². The van der Waals surface area contributed by atoms with Crippen LogP contribution in [0.5, 0.6) is 0 Å². The standard InChI is InChI=1S/C16H17ClN2O5S2/c1-9-2-3-10(17)6-11(9)19-12-7-26(23,24)8-13(12)25-16(19)18-14(20)4-5-15(21)22/h2-3,6,12-13H,4-5,7-8H2,1H3,(H,21,22)/t12-,13-/m1/s1. The van der Waals surface area contributed by atoms with E-state index in [2.05, 4.69) is 4.99 Å². The van der Waals surface area contributed by atoms with Crippen LogP contribution in [0.4, 0.5) is 5.69 Å². The molecule has 2 aliphatic rings. The molecule has 140 valence electrons. The highest BCUT2D eigenvalue weighted by atomic mass is 35.5. The number of amides is 1. The summed E-state index contributed by atoms with van der Waals surface area (Å²) in [5.74, 6) is -1.59. The average molecular weight is 417 g/mol. The Labute approximate surface area is 160 Å². The van der Waals surface area contributed by atoms with Crippen molar-refractivity contribution in [3.05, 3.63) is 28.8 Å². The van der Waals surface area contributed by atoms with Crippen LogP contribution in [-0.2, 0) is 19.4 Å². The van der Waals surface area contributed by atoms with Gasteiger partial charge in [-0.15, -0.1) is 0 Å². The summed E-state index contributed by atoms with van der Waals surface area (Å²) in [5.41, 5.74) is 1.59. The fourth-order valence-electron chi connectivity index (χ4n) is 3.06. The Morgan fingerprint density at radius 1 is 1.35 bits per heavy atom. The van der Waals surface area contributed by atoms with Gasteiger partial charge in [0.05, 0.1) is 24.0 Å². The number of nitrogens with zero attached hydrogens (tertiary/aromatic N) is 2. The number of fused-ring (bicyclic) bond motifs is 1. The predicted octanol–water partition coefficient (Wildman–Crippen LogP) is 2.11. The van der Waals surface area contributed by atoms with E-state index in [0.29, 0.717) is 15.9 Å². The van der Waals surface area contributed by atoms with Crippen molar-refractivity contribution in [1.82, 2.24) is 0 Å². The number of hydrogen-bond donors (Lipinski definition) is 1. The third-order valence-electron chi connectivity index (χ3n) is 4.27. The van der Waals surface area contributed by atoms with Crippen molar-refractivity contribution >= 4 is 55.9 Å². The second-order valence-electron chi connectivity index (χ2n) is 6.28. The zero-order valence-electron chi connectivity index (χ0n) is 13.9. The molecule has 1 aromatic rings. The summed E-state index contributed by atoms with van der Waals surface area (Å²) in [5, 5.41) is 9.39. The van der Waals surface area contributed by atoms with Gasteiger partial charge in [0.2, 0.25) is 5.91 Å². The SMILES string of the molecule is Cc1ccc(Cl)cc1N1C(=NC(=O)CCC(=O)O)S[C@@H]2CS(=O)(=O)C[C@H]21. The summed E-state index contributed by atoms with van der Waals surface area (Å²) in [6.07, 6.45) is -0.493. The molecule has 2 atom stereocenters. The van der Waals surface area contributed by atoms with Crippen LogP contribution in [0.15, 0.2) is 23.2 Å². The minimum absolute atomic E-state index is 0.0149. The Morgan fingerprint density at radius 3 is 2.77 bits per heavy atom. The summed E-state index contributed by atoms with van der Waals surface area (Å²) in [6, 6.07) is 4.96. The van der Waals surface area contributed by atoms with Gasteiger partial charge in [-0.05, 0) is 24.6 Å². The summed E-state index contributed by atoms with van der Waals surface area (Å²) in [7, 11) is -3.16. The first-order valence-electron chi connectivity index (χ1n) is 7.92. The third-order valence-corrected chi connectivity index (χ3v) is 7.72. The van der Waals surface area contributed by atoms with E-state index in [0.717, 1.165) is 5.56 Å². The predicted molar refractivity (Wildman–Crippen MR) is 102 cm³/mol. The molecule has 0 bridgehead atoms. The van der Waals surface area contributed by atoms with Gasteiger partial charge in [0.15, 0.2) is 15.0 Å². The number of rotatable bonds is 4. The Kier molecular flexibility index (Phi) is 5.32. The van der Waals surface area contributed by atoms with Crippen LogP contribution in [0.25, 0.3) is 0 Å². The van der Waals surface area contributed by atoms with Gasteiger partial charge in [0, 0.05) is 22.4 Å². The van der Waals surface area contributed by atoms with Crippen molar-refractivity contribution in [3.8, 4) is 0 Å². The number of carboxylic acid groups (broad SMARTS) is 1. The third kappa shape index (κ3) is 4.05. The molecule has 0 unspecified atom stereocenters.